The van der Waals surface area contributed by atoms with Gasteiger partial charge in [-0.15, -0.1) is 0 Å². The van der Waals surface area contributed by atoms with Gasteiger partial charge in [0.2, 0.25) is 0 Å². The molecule has 0 spiro atoms. The summed E-state index contributed by atoms with van der Waals surface area (Å²) in [6.07, 6.45) is 0.0667. The van der Waals surface area contributed by atoms with Crippen molar-refractivity contribution in [2.45, 2.75) is 13.0 Å². The van der Waals surface area contributed by atoms with E-state index < -0.39 is 5.91 Å². The summed E-state index contributed by atoms with van der Waals surface area (Å²) in [6, 6.07) is 23.1. The zero-order valence-corrected chi connectivity index (χ0v) is 16.1. The number of anilines is 1. The molecule has 4 rings (SSSR count). The van der Waals surface area contributed by atoms with Crippen LogP contribution in [0.1, 0.15) is 26.3 Å². The third kappa shape index (κ3) is 4.36. The number of ether oxygens (including phenoxy) is 2. The minimum atomic E-state index is -0.434. The van der Waals surface area contributed by atoms with Gasteiger partial charge in [-0.05, 0) is 48.9 Å². The van der Waals surface area contributed by atoms with Gasteiger partial charge in [0.05, 0.1) is 17.9 Å². The Morgan fingerprint density at radius 1 is 0.966 bits per heavy atom. The van der Waals surface area contributed by atoms with Crippen LogP contribution in [0.2, 0.25) is 0 Å². The van der Waals surface area contributed by atoms with Gasteiger partial charge in [0.15, 0.2) is 0 Å². The number of hydrogen-bond acceptors (Lipinski definition) is 4. The zero-order chi connectivity index (χ0) is 20.2. The third-order valence-corrected chi connectivity index (χ3v) is 4.63. The second-order valence-electron chi connectivity index (χ2n) is 6.91. The summed E-state index contributed by atoms with van der Waals surface area (Å²) in [7, 11) is 0. The van der Waals surface area contributed by atoms with E-state index in [-0.39, 0.29) is 12.0 Å². The smallest absolute Gasteiger partial charge is 0.269 e. The fraction of sp³-hybridized carbons (Fsp3) is 0.167. The quantitative estimate of drug-likeness (QED) is 0.468. The van der Waals surface area contributed by atoms with Gasteiger partial charge in [-0.1, -0.05) is 42.5 Å². The molecule has 29 heavy (non-hydrogen) atoms. The molecule has 5 heteroatoms. The lowest BCUT2D eigenvalue weighted by Crippen LogP contribution is -2.37. The van der Waals surface area contributed by atoms with Crippen molar-refractivity contribution in [3.8, 4) is 5.75 Å². The molecule has 1 saturated heterocycles. The van der Waals surface area contributed by atoms with Crippen molar-refractivity contribution in [2.75, 3.05) is 18.1 Å². The number of imide groups is 1. The lowest BCUT2D eigenvalue weighted by molar-refractivity contribution is 0.0895. The monoisotopic (exact) mass is 387 g/mol. The molecule has 1 aliphatic rings. The maximum atomic E-state index is 13.5. The first-order valence-electron chi connectivity index (χ1n) is 9.47. The van der Waals surface area contributed by atoms with Crippen LogP contribution in [0.3, 0.4) is 0 Å². The van der Waals surface area contributed by atoms with Crippen LogP contribution in [0.5, 0.6) is 5.75 Å². The van der Waals surface area contributed by atoms with Crippen molar-refractivity contribution in [1.82, 2.24) is 0 Å². The van der Waals surface area contributed by atoms with Gasteiger partial charge >= 0.3 is 0 Å². The lowest BCUT2D eigenvalue weighted by Gasteiger charge is -2.23. The fourth-order valence-electron chi connectivity index (χ4n) is 3.04. The molecular formula is C24H21NO4. The second kappa shape index (κ2) is 8.29. The topological polar surface area (TPSA) is 59.1 Å². The maximum absolute atomic E-state index is 13.5. The number of amides is 2. The van der Waals surface area contributed by atoms with E-state index in [9.17, 15) is 9.59 Å². The summed E-state index contributed by atoms with van der Waals surface area (Å²) in [5.74, 6) is -0.384. The first-order valence-corrected chi connectivity index (χ1v) is 9.47. The normalized spacial score (nSPS) is 14.9. The summed E-state index contributed by atoms with van der Waals surface area (Å²) < 4.78 is 11.0. The molecule has 1 unspecified atom stereocenters. The molecule has 1 heterocycles. The van der Waals surface area contributed by atoms with Crippen molar-refractivity contribution in [3.63, 3.8) is 0 Å². The number of nitrogens with zero attached hydrogens (tertiary/aromatic N) is 1. The Kier molecular flexibility index (Phi) is 5.40. The molecule has 2 amide bonds. The molecule has 0 aliphatic carbocycles. The highest BCUT2D eigenvalue weighted by Crippen LogP contribution is 2.26. The fourth-order valence-corrected chi connectivity index (χ4v) is 3.04. The highest BCUT2D eigenvalue weighted by Gasteiger charge is 2.29. The van der Waals surface area contributed by atoms with E-state index in [0.29, 0.717) is 35.8 Å². The standard InChI is InChI=1S/C24H21NO4/c1-17-8-7-11-19(14-17)25(23(26)18-9-3-2-4-10-18)24(27)21-12-5-6-13-22(21)29-16-20-15-28-20/h2-14,20H,15-16H2,1H3. The SMILES string of the molecule is Cc1cccc(N(C(=O)c2ccccc2)C(=O)c2ccccc2OCC2CO2)c1. The predicted octanol–water partition coefficient (Wildman–Crippen LogP) is 4.26. The van der Waals surface area contributed by atoms with Gasteiger partial charge in [0.1, 0.15) is 18.5 Å². The molecule has 146 valence electrons. The number of aryl methyl sites for hydroxylation is 1. The van der Waals surface area contributed by atoms with Crippen LogP contribution in [0, 0.1) is 6.92 Å². The molecule has 1 aliphatic heterocycles. The first kappa shape index (κ1) is 18.9. The Hall–Kier alpha value is -3.44. The summed E-state index contributed by atoms with van der Waals surface area (Å²) in [4.78, 5) is 28.1. The number of rotatable bonds is 6. The van der Waals surface area contributed by atoms with E-state index in [2.05, 4.69) is 0 Å². The molecule has 1 fully saturated rings. The Bertz CT molecular complexity index is 1030. The van der Waals surface area contributed by atoms with E-state index >= 15 is 0 Å². The summed E-state index contributed by atoms with van der Waals surface area (Å²) in [5.41, 5.74) is 2.24. The average Bonchev–Trinajstić information content (AvgIpc) is 3.58. The van der Waals surface area contributed by atoms with E-state index in [4.69, 9.17) is 9.47 Å². The van der Waals surface area contributed by atoms with Gasteiger partial charge in [-0.3, -0.25) is 9.59 Å². The molecule has 0 saturated carbocycles. The van der Waals surface area contributed by atoms with Gasteiger partial charge in [0, 0.05) is 5.56 Å². The predicted molar refractivity (Wildman–Crippen MR) is 110 cm³/mol. The first-order chi connectivity index (χ1) is 14.1. The summed E-state index contributed by atoms with van der Waals surface area (Å²) in [5, 5.41) is 0. The largest absolute Gasteiger partial charge is 0.490 e. The molecule has 0 bridgehead atoms. The minimum absolute atomic E-state index is 0.0667. The van der Waals surface area contributed by atoms with Gasteiger partial charge in [0.25, 0.3) is 11.8 Å². The lowest BCUT2D eigenvalue weighted by atomic mass is 10.1. The highest BCUT2D eigenvalue weighted by molar-refractivity contribution is 6.26. The molecule has 0 aromatic heterocycles. The Morgan fingerprint density at radius 2 is 1.69 bits per heavy atom. The molecule has 0 N–H and O–H groups in total. The molecule has 3 aromatic carbocycles. The van der Waals surface area contributed by atoms with Gasteiger partial charge in [-0.2, -0.15) is 0 Å². The number of carbonyl (C=O) groups is 2. The summed E-state index contributed by atoms with van der Waals surface area (Å²) in [6.45, 7) is 2.96. The van der Waals surface area contributed by atoms with Crippen molar-refractivity contribution >= 4 is 17.5 Å². The second-order valence-corrected chi connectivity index (χ2v) is 6.91. The van der Waals surface area contributed by atoms with Crippen LogP contribution in [0.4, 0.5) is 5.69 Å². The zero-order valence-electron chi connectivity index (χ0n) is 16.1. The van der Waals surface area contributed by atoms with Crippen molar-refractivity contribution in [1.29, 1.82) is 0 Å². The van der Waals surface area contributed by atoms with Gasteiger partial charge in [-0.25, -0.2) is 4.90 Å². The third-order valence-electron chi connectivity index (χ3n) is 4.63. The molecule has 0 radical (unpaired) electrons. The number of hydrogen-bond donors (Lipinski definition) is 0. The van der Waals surface area contributed by atoms with Crippen LogP contribution in [0.15, 0.2) is 78.9 Å². The van der Waals surface area contributed by atoms with Crippen LogP contribution in [-0.4, -0.2) is 31.1 Å². The van der Waals surface area contributed by atoms with E-state index in [0.717, 1.165) is 5.56 Å². The van der Waals surface area contributed by atoms with Crippen LogP contribution in [0.25, 0.3) is 0 Å². The number of benzene rings is 3. The van der Waals surface area contributed by atoms with Crippen molar-refractivity contribution in [3.05, 3.63) is 95.6 Å². The average molecular weight is 387 g/mol. The number of carbonyl (C=O) groups excluding carboxylic acids is 2. The number of epoxide rings is 1. The van der Waals surface area contributed by atoms with Crippen molar-refractivity contribution in [2.24, 2.45) is 0 Å². The molecule has 5 nitrogen and oxygen atoms in total. The van der Waals surface area contributed by atoms with Crippen molar-refractivity contribution < 1.29 is 19.1 Å². The molecule has 3 aromatic rings. The minimum Gasteiger partial charge on any atom is -0.490 e. The maximum Gasteiger partial charge on any atom is 0.269 e. The summed E-state index contributed by atoms with van der Waals surface area (Å²) >= 11 is 0. The Morgan fingerprint density at radius 3 is 2.41 bits per heavy atom. The molecular weight excluding hydrogens is 366 g/mol. The van der Waals surface area contributed by atoms with Crippen LogP contribution >= 0.6 is 0 Å². The highest BCUT2D eigenvalue weighted by atomic mass is 16.6. The van der Waals surface area contributed by atoms with Crippen LogP contribution in [-0.2, 0) is 4.74 Å². The van der Waals surface area contributed by atoms with E-state index in [1.54, 1.807) is 54.6 Å². The molecule has 1 atom stereocenters. The Balaban J connectivity index is 1.73. The number of para-hydroxylation sites is 1. The van der Waals surface area contributed by atoms with Gasteiger partial charge < -0.3 is 9.47 Å². The van der Waals surface area contributed by atoms with E-state index in [1.807, 2.05) is 31.2 Å². The van der Waals surface area contributed by atoms with Crippen LogP contribution < -0.4 is 9.64 Å². The Labute approximate surface area is 169 Å². The van der Waals surface area contributed by atoms with E-state index in [1.165, 1.54) is 4.90 Å².